The first kappa shape index (κ1) is 15.1. The zero-order valence-electron chi connectivity index (χ0n) is 12.6. The van der Waals surface area contributed by atoms with Crippen molar-refractivity contribution in [3.63, 3.8) is 0 Å². The fourth-order valence-corrected chi connectivity index (χ4v) is 3.71. The lowest BCUT2D eigenvalue weighted by atomic mass is 9.92. The number of hydrogen-bond donors (Lipinski definition) is 1. The largest absolute Gasteiger partial charge is 0.447 e. The van der Waals surface area contributed by atoms with Gasteiger partial charge in [0, 0.05) is 31.4 Å². The Labute approximate surface area is 133 Å². The Morgan fingerprint density at radius 3 is 3.05 bits per heavy atom. The van der Waals surface area contributed by atoms with E-state index in [1.807, 2.05) is 17.2 Å². The SMILES string of the molecule is CCC12COC(=O)N1CCN(C(=O)CCc1csc(N)n1)C2. The summed E-state index contributed by atoms with van der Waals surface area (Å²) in [6.07, 6.45) is 1.54. The number of aromatic nitrogens is 1. The standard InChI is InChI=1S/C14H20N4O3S/c1-2-14-8-17(5-6-18(14)13(20)21-9-14)11(19)4-3-10-7-22-12(15)16-10/h7H,2-6,8-9H2,1H3,(H2,15,16). The number of cyclic esters (lactones) is 1. The number of carbonyl (C=O) groups is 2. The second-order valence-corrected chi connectivity index (χ2v) is 6.67. The van der Waals surface area contributed by atoms with Crippen molar-refractivity contribution in [2.75, 3.05) is 32.0 Å². The van der Waals surface area contributed by atoms with E-state index in [4.69, 9.17) is 10.5 Å². The molecular weight excluding hydrogens is 304 g/mol. The van der Waals surface area contributed by atoms with Crippen LogP contribution in [0.3, 0.4) is 0 Å². The van der Waals surface area contributed by atoms with Gasteiger partial charge in [0.05, 0.1) is 11.2 Å². The third-order valence-corrected chi connectivity index (χ3v) is 5.23. The lowest BCUT2D eigenvalue weighted by molar-refractivity contribution is -0.135. The van der Waals surface area contributed by atoms with Gasteiger partial charge in [0.1, 0.15) is 6.61 Å². The molecule has 2 saturated heterocycles. The number of carbonyl (C=O) groups excluding carboxylic acids is 2. The molecule has 3 heterocycles. The first-order chi connectivity index (χ1) is 10.5. The minimum atomic E-state index is -0.351. The molecule has 2 amide bonds. The van der Waals surface area contributed by atoms with Gasteiger partial charge < -0.3 is 15.4 Å². The highest BCUT2D eigenvalue weighted by atomic mass is 32.1. The van der Waals surface area contributed by atoms with Crippen LogP contribution in [0.2, 0.25) is 0 Å². The van der Waals surface area contributed by atoms with Gasteiger partial charge in [-0.25, -0.2) is 9.78 Å². The van der Waals surface area contributed by atoms with Gasteiger partial charge in [0.25, 0.3) is 0 Å². The summed E-state index contributed by atoms with van der Waals surface area (Å²) in [6, 6.07) is 0. The Morgan fingerprint density at radius 2 is 2.36 bits per heavy atom. The normalized spacial score (nSPS) is 24.3. The molecule has 2 aliphatic heterocycles. The van der Waals surface area contributed by atoms with Crippen molar-refractivity contribution in [1.82, 2.24) is 14.8 Å². The number of anilines is 1. The van der Waals surface area contributed by atoms with Crippen LogP contribution in [0, 0.1) is 0 Å². The Kier molecular flexibility index (Phi) is 3.94. The number of nitrogen functional groups attached to an aromatic ring is 1. The van der Waals surface area contributed by atoms with E-state index in [-0.39, 0.29) is 17.5 Å². The van der Waals surface area contributed by atoms with Gasteiger partial charge in [0.15, 0.2) is 5.13 Å². The number of rotatable bonds is 4. The quantitative estimate of drug-likeness (QED) is 0.896. The highest BCUT2D eigenvalue weighted by molar-refractivity contribution is 7.13. The smallest absolute Gasteiger partial charge is 0.410 e. The first-order valence-corrected chi connectivity index (χ1v) is 8.34. The third kappa shape index (κ3) is 2.63. The summed E-state index contributed by atoms with van der Waals surface area (Å²) in [5, 5.41) is 2.42. The van der Waals surface area contributed by atoms with Crippen LogP contribution in [-0.2, 0) is 16.0 Å². The average molecular weight is 324 g/mol. The number of hydrogen-bond acceptors (Lipinski definition) is 6. The average Bonchev–Trinajstić information content (AvgIpc) is 3.09. The molecule has 22 heavy (non-hydrogen) atoms. The first-order valence-electron chi connectivity index (χ1n) is 7.46. The molecule has 2 fully saturated rings. The minimum absolute atomic E-state index is 0.0957. The number of ether oxygens (including phenoxy) is 1. The summed E-state index contributed by atoms with van der Waals surface area (Å²) in [5.74, 6) is 0.0957. The molecule has 1 aromatic heterocycles. The molecule has 1 aromatic rings. The number of piperazine rings is 1. The third-order valence-electron chi connectivity index (χ3n) is 4.51. The van der Waals surface area contributed by atoms with E-state index >= 15 is 0 Å². The van der Waals surface area contributed by atoms with Crippen LogP contribution in [0.1, 0.15) is 25.5 Å². The van der Waals surface area contributed by atoms with Crippen LogP contribution in [0.4, 0.5) is 9.93 Å². The van der Waals surface area contributed by atoms with Crippen molar-refractivity contribution in [2.45, 2.75) is 31.7 Å². The Balaban J connectivity index is 1.61. The molecular formula is C14H20N4O3S. The maximum atomic E-state index is 12.4. The van der Waals surface area contributed by atoms with Crippen LogP contribution >= 0.6 is 11.3 Å². The van der Waals surface area contributed by atoms with Crippen LogP contribution in [0.15, 0.2) is 5.38 Å². The van der Waals surface area contributed by atoms with Crippen LogP contribution < -0.4 is 5.73 Å². The zero-order chi connectivity index (χ0) is 15.7. The van der Waals surface area contributed by atoms with Crippen LogP contribution in [0.5, 0.6) is 0 Å². The molecule has 7 nitrogen and oxygen atoms in total. The molecule has 2 N–H and O–H groups in total. The molecule has 0 spiro atoms. The van der Waals surface area contributed by atoms with Gasteiger partial charge in [-0.3, -0.25) is 9.69 Å². The van der Waals surface area contributed by atoms with Gasteiger partial charge in [-0.05, 0) is 12.8 Å². The number of nitrogens with zero attached hydrogens (tertiary/aromatic N) is 3. The fraction of sp³-hybridized carbons (Fsp3) is 0.643. The van der Waals surface area contributed by atoms with Gasteiger partial charge in [0.2, 0.25) is 5.91 Å². The van der Waals surface area contributed by atoms with E-state index in [2.05, 4.69) is 4.98 Å². The summed E-state index contributed by atoms with van der Waals surface area (Å²) in [6.45, 7) is 4.06. The molecule has 0 bridgehead atoms. The molecule has 8 heteroatoms. The van der Waals surface area contributed by atoms with Crippen molar-refractivity contribution in [3.05, 3.63) is 11.1 Å². The molecule has 120 valence electrons. The second-order valence-electron chi connectivity index (χ2n) is 5.78. The lowest BCUT2D eigenvalue weighted by Crippen LogP contribution is -2.62. The highest BCUT2D eigenvalue weighted by Crippen LogP contribution is 2.31. The summed E-state index contributed by atoms with van der Waals surface area (Å²) in [7, 11) is 0. The Bertz CT molecular complexity index is 590. The van der Waals surface area contributed by atoms with E-state index in [0.717, 1.165) is 12.1 Å². The fourth-order valence-electron chi connectivity index (χ4n) is 3.11. The van der Waals surface area contributed by atoms with E-state index in [0.29, 0.717) is 44.2 Å². The van der Waals surface area contributed by atoms with E-state index in [9.17, 15) is 9.59 Å². The zero-order valence-corrected chi connectivity index (χ0v) is 13.4. The molecule has 0 radical (unpaired) electrons. The van der Waals surface area contributed by atoms with Gasteiger partial charge in [-0.1, -0.05) is 6.92 Å². The molecule has 0 saturated carbocycles. The summed E-state index contributed by atoms with van der Waals surface area (Å²) < 4.78 is 5.18. The number of fused-ring (bicyclic) bond motifs is 1. The summed E-state index contributed by atoms with van der Waals surface area (Å²) in [4.78, 5) is 32.0. The minimum Gasteiger partial charge on any atom is -0.447 e. The van der Waals surface area contributed by atoms with E-state index in [1.165, 1.54) is 11.3 Å². The van der Waals surface area contributed by atoms with Crippen LogP contribution in [-0.4, -0.2) is 58.6 Å². The monoisotopic (exact) mass is 324 g/mol. The van der Waals surface area contributed by atoms with Crippen molar-refractivity contribution >= 4 is 28.5 Å². The van der Waals surface area contributed by atoms with E-state index < -0.39 is 0 Å². The van der Waals surface area contributed by atoms with Crippen molar-refractivity contribution < 1.29 is 14.3 Å². The predicted octanol–water partition coefficient (Wildman–Crippen LogP) is 1.10. The van der Waals surface area contributed by atoms with Crippen molar-refractivity contribution in [2.24, 2.45) is 0 Å². The number of aryl methyl sites for hydroxylation is 1. The topological polar surface area (TPSA) is 88.8 Å². The summed E-state index contributed by atoms with van der Waals surface area (Å²) in [5.41, 5.74) is 6.10. The number of thiazole rings is 1. The maximum Gasteiger partial charge on any atom is 0.410 e. The molecule has 0 aliphatic carbocycles. The van der Waals surface area contributed by atoms with Gasteiger partial charge in [-0.2, -0.15) is 0 Å². The van der Waals surface area contributed by atoms with Crippen molar-refractivity contribution in [3.8, 4) is 0 Å². The predicted molar refractivity (Wildman–Crippen MR) is 82.5 cm³/mol. The van der Waals surface area contributed by atoms with Gasteiger partial charge >= 0.3 is 6.09 Å². The number of amides is 2. The molecule has 2 aliphatic rings. The maximum absolute atomic E-state index is 12.4. The van der Waals surface area contributed by atoms with Crippen LogP contribution in [0.25, 0.3) is 0 Å². The van der Waals surface area contributed by atoms with Gasteiger partial charge in [-0.15, -0.1) is 11.3 Å². The molecule has 3 rings (SSSR count). The number of nitrogens with two attached hydrogens (primary N) is 1. The highest BCUT2D eigenvalue weighted by Gasteiger charge is 2.50. The van der Waals surface area contributed by atoms with E-state index in [1.54, 1.807) is 4.90 Å². The molecule has 1 atom stereocenters. The molecule has 0 aromatic carbocycles. The lowest BCUT2D eigenvalue weighted by Gasteiger charge is -2.44. The molecule has 1 unspecified atom stereocenters. The Hall–Kier alpha value is -1.83. The Morgan fingerprint density at radius 1 is 1.55 bits per heavy atom. The second kappa shape index (κ2) is 5.75. The van der Waals surface area contributed by atoms with Crippen molar-refractivity contribution in [1.29, 1.82) is 0 Å². The summed E-state index contributed by atoms with van der Waals surface area (Å²) >= 11 is 1.39.